The van der Waals surface area contributed by atoms with Crippen molar-refractivity contribution < 1.29 is 39.5 Å². The summed E-state index contributed by atoms with van der Waals surface area (Å²) >= 11 is 0. The van der Waals surface area contributed by atoms with Crippen LogP contribution in [0, 0.1) is 0 Å². The van der Waals surface area contributed by atoms with Crippen LogP contribution in [0.25, 0.3) is 11.2 Å². The van der Waals surface area contributed by atoms with E-state index in [9.17, 15) is 34.8 Å². The number of benzene rings is 3. The summed E-state index contributed by atoms with van der Waals surface area (Å²) in [4.78, 5) is 50.1. The molecular weight excluding hydrogens is 684 g/mol. The van der Waals surface area contributed by atoms with Crippen LogP contribution in [0.1, 0.15) is 29.3 Å². The van der Waals surface area contributed by atoms with Crippen molar-refractivity contribution in [3.8, 4) is 5.75 Å². The second-order valence-electron chi connectivity index (χ2n) is 12.6. The molecule has 8 N–H and O–H groups in total. The number of aromatic nitrogens is 4. The summed E-state index contributed by atoms with van der Waals surface area (Å²) in [5, 5.41) is 51.0. The van der Waals surface area contributed by atoms with E-state index < -0.39 is 31.1 Å². The van der Waals surface area contributed by atoms with Gasteiger partial charge in [0.25, 0.3) is 0 Å². The molecule has 16 nitrogen and oxygen atoms in total. The summed E-state index contributed by atoms with van der Waals surface area (Å²) < 4.78 is 7.10. The third kappa shape index (κ3) is 9.49. The molecule has 0 spiro atoms. The second-order valence-corrected chi connectivity index (χ2v) is 12.6. The van der Waals surface area contributed by atoms with E-state index in [0.717, 1.165) is 16.7 Å². The number of aryl methyl sites for hydroxylation is 1. The molecule has 276 valence electrons. The zero-order chi connectivity index (χ0) is 37.3. The van der Waals surface area contributed by atoms with Gasteiger partial charge < -0.3 is 46.4 Å². The maximum Gasteiger partial charge on any atom is 0.228 e. The van der Waals surface area contributed by atoms with Crippen molar-refractivity contribution in [3.63, 3.8) is 0 Å². The fourth-order valence-electron chi connectivity index (χ4n) is 5.84. The number of imidazole rings is 1. The Morgan fingerprint density at radius 1 is 0.736 bits per heavy atom. The smallest absolute Gasteiger partial charge is 0.228 e. The van der Waals surface area contributed by atoms with Crippen molar-refractivity contribution in [2.45, 2.75) is 50.2 Å². The number of rotatable bonds is 15. The number of nitrogens with one attached hydrogen (secondary N) is 4. The molecule has 2 aromatic heterocycles. The van der Waals surface area contributed by atoms with Crippen LogP contribution in [0.4, 0.5) is 17.2 Å². The van der Waals surface area contributed by atoms with E-state index in [1.807, 2.05) is 12.1 Å². The van der Waals surface area contributed by atoms with E-state index in [4.69, 9.17) is 4.74 Å². The van der Waals surface area contributed by atoms with Crippen LogP contribution in [0.15, 0.2) is 85.5 Å². The van der Waals surface area contributed by atoms with E-state index in [1.165, 1.54) is 17.2 Å². The summed E-state index contributed by atoms with van der Waals surface area (Å²) in [6.45, 7) is 0.159. The first-order valence-electron chi connectivity index (χ1n) is 17.0. The van der Waals surface area contributed by atoms with Gasteiger partial charge in [-0.05, 0) is 59.5 Å². The second kappa shape index (κ2) is 17.1. The highest BCUT2D eigenvalue weighted by Crippen LogP contribution is 2.32. The number of nitrogens with zero attached hydrogens (tertiary/aromatic N) is 4. The largest absolute Gasteiger partial charge is 0.508 e. The molecule has 53 heavy (non-hydrogen) atoms. The van der Waals surface area contributed by atoms with Crippen molar-refractivity contribution >= 4 is 46.1 Å². The fourth-order valence-corrected chi connectivity index (χ4v) is 5.84. The Morgan fingerprint density at radius 2 is 1.36 bits per heavy atom. The Kier molecular flexibility index (Phi) is 11.9. The predicted molar refractivity (Wildman–Crippen MR) is 193 cm³/mol. The average molecular weight is 725 g/mol. The number of amides is 3. The highest BCUT2D eigenvalue weighted by Gasteiger charge is 2.44. The SMILES string of the molecule is O=C(CCc1ccc(O)cc1)NCCNC(=O)Cc1ccc(NC(=O)Cc2ccc(Nc3ncnc4c3ncn4C3O[C@H](CO)[C@@H](O)[C@H]3O)cc2)cc1. The lowest BCUT2D eigenvalue weighted by molar-refractivity contribution is -0.122. The minimum absolute atomic E-state index is 0.121. The minimum atomic E-state index is -1.28. The summed E-state index contributed by atoms with van der Waals surface area (Å²) in [5.41, 5.74) is 4.54. The Morgan fingerprint density at radius 3 is 2.02 bits per heavy atom. The minimum Gasteiger partial charge on any atom is -0.508 e. The Balaban J connectivity index is 0.920. The maximum atomic E-state index is 12.8. The molecule has 3 heterocycles. The lowest BCUT2D eigenvalue weighted by Gasteiger charge is -2.16. The summed E-state index contributed by atoms with van der Waals surface area (Å²) in [6.07, 6.45) is -0.569. The number of ether oxygens (including phenoxy) is 1. The number of hydrogen-bond donors (Lipinski definition) is 8. The molecule has 1 aliphatic heterocycles. The molecule has 0 bridgehead atoms. The number of fused-ring (bicyclic) bond motifs is 1. The Bertz CT molecular complexity index is 2020. The quantitative estimate of drug-likeness (QED) is 0.0718. The van der Waals surface area contributed by atoms with E-state index in [-0.39, 0.29) is 36.3 Å². The van der Waals surface area contributed by atoms with Gasteiger partial charge in [0.1, 0.15) is 30.4 Å². The summed E-state index contributed by atoms with van der Waals surface area (Å²) in [7, 11) is 0. The predicted octanol–water partition coefficient (Wildman–Crippen LogP) is 1.48. The van der Waals surface area contributed by atoms with Crippen LogP contribution in [0.2, 0.25) is 0 Å². The van der Waals surface area contributed by atoms with Crippen LogP contribution in [-0.2, 0) is 38.4 Å². The van der Waals surface area contributed by atoms with Gasteiger partial charge in [-0.15, -0.1) is 0 Å². The van der Waals surface area contributed by atoms with Gasteiger partial charge in [0, 0.05) is 30.9 Å². The zero-order valence-corrected chi connectivity index (χ0v) is 28.6. The number of carbonyl (C=O) groups is 3. The van der Waals surface area contributed by atoms with Gasteiger partial charge in [0.05, 0.1) is 25.8 Å². The van der Waals surface area contributed by atoms with Gasteiger partial charge in [-0.25, -0.2) is 15.0 Å². The molecule has 1 saturated heterocycles. The number of aliphatic hydroxyl groups excluding tert-OH is 3. The molecule has 6 rings (SSSR count). The van der Waals surface area contributed by atoms with Crippen molar-refractivity contribution in [2.75, 3.05) is 30.3 Å². The third-order valence-electron chi connectivity index (χ3n) is 8.68. The molecule has 4 atom stereocenters. The van der Waals surface area contributed by atoms with Gasteiger partial charge in [-0.1, -0.05) is 36.4 Å². The maximum absolute atomic E-state index is 12.8. The van der Waals surface area contributed by atoms with Crippen LogP contribution in [0.5, 0.6) is 5.75 Å². The first-order chi connectivity index (χ1) is 25.7. The first kappa shape index (κ1) is 36.8. The lowest BCUT2D eigenvalue weighted by Crippen LogP contribution is -2.35. The normalized spacial score (nSPS) is 18.1. The van der Waals surface area contributed by atoms with Crippen molar-refractivity contribution in [3.05, 3.63) is 102 Å². The van der Waals surface area contributed by atoms with Crippen molar-refractivity contribution in [1.82, 2.24) is 30.2 Å². The third-order valence-corrected chi connectivity index (χ3v) is 8.68. The molecule has 1 aliphatic rings. The summed E-state index contributed by atoms with van der Waals surface area (Å²) in [6, 6.07) is 20.9. The molecule has 0 saturated carbocycles. The van der Waals surface area contributed by atoms with E-state index in [1.54, 1.807) is 60.7 Å². The number of aromatic hydroxyl groups is 1. The molecule has 3 aromatic carbocycles. The van der Waals surface area contributed by atoms with Crippen LogP contribution < -0.4 is 21.3 Å². The molecule has 3 amide bonds. The van der Waals surface area contributed by atoms with E-state index in [0.29, 0.717) is 54.3 Å². The molecule has 0 radical (unpaired) electrons. The molecular formula is C37H40N8O8. The number of aliphatic hydroxyl groups is 3. The standard InChI is InChI=1S/C37H40N8O8/c46-19-28-33(51)34(52)37(53-28)45-21-42-32-35(40-20-41-36(32)45)44-26-10-3-24(4-11-26)18-31(50)43-25-8-1-23(2-9-25)17-30(49)39-16-15-38-29(48)14-7-22-5-12-27(47)13-6-22/h1-6,8-13,20-21,28,33-34,37,46-47,51-52H,7,14-19H2,(H,38,48)(H,39,49)(H,43,50)(H,40,41,44)/t28-,33-,34-,37?/m1/s1. The highest BCUT2D eigenvalue weighted by molar-refractivity contribution is 5.92. The van der Waals surface area contributed by atoms with E-state index in [2.05, 4.69) is 36.2 Å². The number of anilines is 3. The van der Waals surface area contributed by atoms with Crippen LogP contribution >= 0.6 is 0 Å². The van der Waals surface area contributed by atoms with Gasteiger partial charge >= 0.3 is 0 Å². The van der Waals surface area contributed by atoms with Crippen molar-refractivity contribution in [2.24, 2.45) is 0 Å². The monoisotopic (exact) mass is 724 g/mol. The molecule has 0 aliphatic carbocycles. The Hall–Kier alpha value is -5.94. The van der Waals surface area contributed by atoms with Gasteiger partial charge in [-0.2, -0.15) is 0 Å². The lowest BCUT2D eigenvalue weighted by atomic mass is 10.1. The number of hydrogen-bond acceptors (Lipinski definition) is 12. The van der Waals surface area contributed by atoms with Gasteiger partial charge in [0.2, 0.25) is 17.7 Å². The topological polar surface area (TPSA) is 233 Å². The van der Waals surface area contributed by atoms with E-state index >= 15 is 0 Å². The average Bonchev–Trinajstić information content (AvgIpc) is 3.71. The molecule has 16 heteroatoms. The summed E-state index contributed by atoms with van der Waals surface area (Å²) in [5.74, 6) is 0.0567. The molecule has 1 fully saturated rings. The number of phenolic OH excluding ortho intramolecular Hbond substituents is 1. The molecule has 1 unspecified atom stereocenters. The van der Waals surface area contributed by atoms with Crippen LogP contribution in [-0.4, -0.2) is 95.7 Å². The van der Waals surface area contributed by atoms with Gasteiger partial charge in [0.15, 0.2) is 23.2 Å². The molecule has 5 aromatic rings. The number of carbonyl (C=O) groups excluding carboxylic acids is 3. The first-order valence-corrected chi connectivity index (χ1v) is 17.0. The Labute approximate surface area is 303 Å². The zero-order valence-electron chi connectivity index (χ0n) is 28.6. The van der Waals surface area contributed by atoms with Crippen molar-refractivity contribution in [1.29, 1.82) is 0 Å². The number of phenols is 1. The highest BCUT2D eigenvalue weighted by atomic mass is 16.6. The fraction of sp³-hybridized carbons (Fsp3) is 0.297. The van der Waals surface area contributed by atoms with Crippen LogP contribution in [0.3, 0.4) is 0 Å². The van der Waals surface area contributed by atoms with Gasteiger partial charge in [-0.3, -0.25) is 19.0 Å².